The first-order chi connectivity index (χ1) is 8.51. The predicted octanol–water partition coefficient (Wildman–Crippen LogP) is 2.46. The summed E-state index contributed by atoms with van der Waals surface area (Å²) in [6.07, 6.45) is 2.14. The van der Waals surface area contributed by atoms with Gasteiger partial charge < -0.3 is 9.64 Å². The molecule has 0 spiro atoms. The molecular formula is C14H24N2O2. The van der Waals surface area contributed by atoms with Gasteiger partial charge in [0.2, 0.25) is 0 Å². The third kappa shape index (κ3) is 3.34. The zero-order valence-electron chi connectivity index (χ0n) is 11.9. The summed E-state index contributed by atoms with van der Waals surface area (Å²) in [5, 5.41) is 0. The number of rotatable bonds is 4. The molecule has 0 aromatic rings. The van der Waals surface area contributed by atoms with Gasteiger partial charge in [-0.15, -0.1) is 0 Å². The number of piperidine rings is 1. The van der Waals surface area contributed by atoms with E-state index in [0.717, 1.165) is 31.8 Å². The zero-order chi connectivity index (χ0) is 13.7. The van der Waals surface area contributed by atoms with Crippen LogP contribution in [0.3, 0.4) is 0 Å². The fourth-order valence-electron chi connectivity index (χ4n) is 2.35. The summed E-state index contributed by atoms with van der Waals surface area (Å²) in [6.45, 7) is 11.3. The van der Waals surface area contributed by atoms with Crippen molar-refractivity contribution in [3.63, 3.8) is 0 Å². The molecule has 4 heteroatoms. The predicted molar refractivity (Wildman–Crippen MR) is 73.4 cm³/mol. The number of hydrogen-bond donors (Lipinski definition) is 0. The fourth-order valence-corrected chi connectivity index (χ4v) is 2.35. The molecule has 0 saturated carbocycles. The van der Waals surface area contributed by atoms with Crippen molar-refractivity contribution >= 4 is 12.6 Å². The van der Waals surface area contributed by atoms with Crippen LogP contribution in [0.2, 0.25) is 0 Å². The Balaban J connectivity index is 2.68. The Morgan fingerprint density at radius 3 is 2.33 bits per heavy atom. The molecule has 1 aliphatic rings. The van der Waals surface area contributed by atoms with Gasteiger partial charge in [0.25, 0.3) is 5.91 Å². The minimum absolute atomic E-state index is 0.0634. The number of carbonyl (C=O) groups is 1. The summed E-state index contributed by atoms with van der Waals surface area (Å²) in [5.74, 6) is 1.88. The Morgan fingerprint density at radius 1 is 1.39 bits per heavy atom. The van der Waals surface area contributed by atoms with Gasteiger partial charge in [-0.3, -0.25) is 9.79 Å². The van der Waals surface area contributed by atoms with Crippen molar-refractivity contribution in [1.29, 1.82) is 0 Å². The van der Waals surface area contributed by atoms with Crippen LogP contribution in [0.5, 0.6) is 0 Å². The third-order valence-electron chi connectivity index (χ3n) is 3.77. The van der Waals surface area contributed by atoms with E-state index < -0.39 is 0 Å². The molecule has 1 fully saturated rings. The standard InChI is InChI=1S/C14H24N2O2/c1-10(2)12-6-8-16(9-7-12)14(17)13(15-4)11(3)18-5/h10,12H,4,6-9H2,1-3,5H3/b13-11-. The lowest BCUT2D eigenvalue weighted by Crippen LogP contribution is -2.40. The van der Waals surface area contributed by atoms with E-state index >= 15 is 0 Å². The second-order valence-electron chi connectivity index (χ2n) is 5.14. The largest absolute Gasteiger partial charge is 0.499 e. The molecule has 0 atom stereocenters. The molecule has 18 heavy (non-hydrogen) atoms. The Bertz CT molecular complexity index is 340. The molecule has 0 aromatic carbocycles. The number of ether oxygens (including phenoxy) is 1. The summed E-state index contributed by atoms with van der Waals surface area (Å²) < 4.78 is 5.07. The first-order valence-electron chi connectivity index (χ1n) is 6.52. The second kappa shape index (κ2) is 6.57. The number of aliphatic imine (C=N–C) groups is 1. The van der Waals surface area contributed by atoms with E-state index in [1.807, 2.05) is 4.90 Å². The van der Waals surface area contributed by atoms with Crippen molar-refractivity contribution in [3.8, 4) is 0 Å². The molecule has 4 nitrogen and oxygen atoms in total. The highest BCUT2D eigenvalue weighted by molar-refractivity contribution is 5.94. The molecule has 0 aromatic heterocycles. The van der Waals surface area contributed by atoms with Gasteiger partial charge in [-0.2, -0.15) is 0 Å². The van der Waals surface area contributed by atoms with E-state index in [1.165, 1.54) is 0 Å². The lowest BCUT2D eigenvalue weighted by atomic mass is 9.86. The Kier molecular flexibility index (Phi) is 5.38. The third-order valence-corrected chi connectivity index (χ3v) is 3.77. The highest BCUT2D eigenvalue weighted by atomic mass is 16.5. The number of carbonyl (C=O) groups excluding carboxylic acids is 1. The van der Waals surface area contributed by atoms with Gasteiger partial charge in [0.05, 0.1) is 7.11 Å². The average molecular weight is 252 g/mol. The van der Waals surface area contributed by atoms with Gasteiger partial charge in [-0.1, -0.05) is 13.8 Å². The monoisotopic (exact) mass is 252 g/mol. The van der Waals surface area contributed by atoms with Crippen LogP contribution in [-0.4, -0.2) is 37.7 Å². The molecule has 0 bridgehead atoms. The summed E-state index contributed by atoms with van der Waals surface area (Å²) >= 11 is 0. The molecular weight excluding hydrogens is 228 g/mol. The quantitative estimate of drug-likeness (QED) is 0.438. The molecule has 0 unspecified atom stereocenters. The smallest absolute Gasteiger partial charge is 0.275 e. The molecule has 1 amide bonds. The lowest BCUT2D eigenvalue weighted by Gasteiger charge is -2.34. The van der Waals surface area contributed by atoms with Gasteiger partial charge in [0, 0.05) is 13.1 Å². The van der Waals surface area contributed by atoms with Crippen LogP contribution < -0.4 is 0 Å². The molecule has 0 aliphatic carbocycles. The number of hydrogen-bond acceptors (Lipinski definition) is 3. The molecule has 1 heterocycles. The van der Waals surface area contributed by atoms with Crippen LogP contribution >= 0.6 is 0 Å². The van der Waals surface area contributed by atoms with Gasteiger partial charge in [0.1, 0.15) is 5.76 Å². The van der Waals surface area contributed by atoms with E-state index in [9.17, 15) is 4.79 Å². The maximum Gasteiger partial charge on any atom is 0.275 e. The highest BCUT2D eigenvalue weighted by Gasteiger charge is 2.27. The molecule has 1 aliphatic heterocycles. The summed E-state index contributed by atoms with van der Waals surface area (Å²) in [5.41, 5.74) is 0.334. The van der Waals surface area contributed by atoms with Gasteiger partial charge in [-0.25, -0.2) is 0 Å². The molecule has 0 N–H and O–H groups in total. The van der Waals surface area contributed by atoms with Crippen LogP contribution in [0.1, 0.15) is 33.6 Å². The van der Waals surface area contributed by atoms with E-state index in [4.69, 9.17) is 4.74 Å². The van der Waals surface area contributed by atoms with E-state index in [1.54, 1.807) is 14.0 Å². The van der Waals surface area contributed by atoms with Crippen LogP contribution in [0.25, 0.3) is 0 Å². The Labute approximate surface area is 110 Å². The van der Waals surface area contributed by atoms with Crippen molar-refractivity contribution in [2.75, 3.05) is 20.2 Å². The Hall–Kier alpha value is -1.32. The van der Waals surface area contributed by atoms with E-state index in [0.29, 0.717) is 17.4 Å². The van der Waals surface area contributed by atoms with E-state index in [-0.39, 0.29) is 5.91 Å². The number of amides is 1. The maximum absolute atomic E-state index is 12.3. The molecule has 0 radical (unpaired) electrons. The van der Waals surface area contributed by atoms with Gasteiger partial charge in [0.15, 0.2) is 5.70 Å². The Morgan fingerprint density at radius 2 is 1.94 bits per heavy atom. The van der Waals surface area contributed by atoms with Gasteiger partial charge in [-0.05, 0) is 38.3 Å². The van der Waals surface area contributed by atoms with Gasteiger partial charge >= 0.3 is 0 Å². The zero-order valence-corrected chi connectivity index (χ0v) is 11.9. The average Bonchev–Trinajstić information content (AvgIpc) is 2.39. The number of nitrogens with zero attached hydrogens (tertiary/aromatic N) is 2. The normalized spacial score (nSPS) is 18.6. The first-order valence-corrected chi connectivity index (χ1v) is 6.52. The van der Waals surface area contributed by atoms with Crippen molar-refractivity contribution in [2.24, 2.45) is 16.8 Å². The highest BCUT2D eigenvalue weighted by Crippen LogP contribution is 2.25. The number of methoxy groups -OCH3 is 1. The van der Waals surface area contributed by atoms with Crippen LogP contribution in [0.15, 0.2) is 16.4 Å². The van der Waals surface area contributed by atoms with Crippen molar-refractivity contribution in [3.05, 3.63) is 11.5 Å². The van der Waals surface area contributed by atoms with Crippen molar-refractivity contribution < 1.29 is 9.53 Å². The molecule has 102 valence electrons. The SMILES string of the molecule is C=N/C(C(=O)N1CCC(C(C)C)CC1)=C(/C)OC. The molecule has 1 saturated heterocycles. The van der Waals surface area contributed by atoms with Crippen LogP contribution in [0, 0.1) is 11.8 Å². The minimum Gasteiger partial charge on any atom is -0.499 e. The lowest BCUT2D eigenvalue weighted by molar-refractivity contribution is -0.129. The summed E-state index contributed by atoms with van der Waals surface area (Å²) in [4.78, 5) is 17.9. The van der Waals surface area contributed by atoms with Crippen LogP contribution in [-0.2, 0) is 9.53 Å². The maximum atomic E-state index is 12.3. The van der Waals surface area contributed by atoms with Crippen LogP contribution in [0.4, 0.5) is 0 Å². The fraction of sp³-hybridized carbons (Fsp3) is 0.714. The van der Waals surface area contributed by atoms with Crippen molar-refractivity contribution in [1.82, 2.24) is 4.90 Å². The molecule has 1 rings (SSSR count). The summed E-state index contributed by atoms with van der Waals surface area (Å²) in [7, 11) is 1.54. The number of likely N-dealkylation sites (tertiary alicyclic amines) is 1. The van der Waals surface area contributed by atoms with Crippen molar-refractivity contribution in [2.45, 2.75) is 33.6 Å². The second-order valence-corrected chi connectivity index (χ2v) is 5.14. The minimum atomic E-state index is -0.0634. The number of allylic oxidation sites excluding steroid dienone is 1. The van der Waals surface area contributed by atoms with E-state index in [2.05, 4.69) is 25.6 Å². The first kappa shape index (κ1) is 14.7. The summed E-state index contributed by atoms with van der Waals surface area (Å²) in [6, 6.07) is 0. The topological polar surface area (TPSA) is 41.9 Å².